The van der Waals surface area contributed by atoms with Gasteiger partial charge in [0.25, 0.3) is 0 Å². The van der Waals surface area contributed by atoms with Gasteiger partial charge in [-0.1, -0.05) is 24.3 Å². The van der Waals surface area contributed by atoms with Gasteiger partial charge in [-0.15, -0.1) is 0 Å². The van der Waals surface area contributed by atoms with Crippen molar-refractivity contribution in [1.82, 2.24) is 0 Å². The lowest BCUT2D eigenvalue weighted by atomic mass is 10.1. The molecule has 0 saturated heterocycles. The molecule has 0 saturated carbocycles. The first-order valence-corrected chi connectivity index (χ1v) is 6.83. The summed E-state index contributed by atoms with van der Waals surface area (Å²) in [6, 6.07) is 14.4. The zero-order chi connectivity index (χ0) is 15.2. The molecule has 0 aromatic heterocycles. The van der Waals surface area contributed by atoms with Gasteiger partial charge in [-0.05, 0) is 42.3 Å². The number of methoxy groups -OCH3 is 1. The highest BCUT2D eigenvalue weighted by Gasteiger charge is 2.09. The largest absolute Gasteiger partial charge is 0.497 e. The van der Waals surface area contributed by atoms with Gasteiger partial charge in [0.15, 0.2) is 0 Å². The second-order valence-electron chi connectivity index (χ2n) is 4.85. The highest BCUT2D eigenvalue weighted by Crippen LogP contribution is 2.21. The molecule has 0 fully saturated rings. The van der Waals surface area contributed by atoms with Crippen molar-refractivity contribution in [3.63, 3.8) is 0 Å². The van der Waals surface area contributed by atoms with Crippen LogP contribution in [0.4, 0.5) is 0 Å². The minimum absolute atomic E-state index is 0.154. The predicted octanol–water partition coefficient (Wildman–Crippen LogP) is 2.86. The SMILES string of the molecule is COc1cccc(C(O)COc2ccc([C@H](C)O)cc2)c1. The maximum absolute atomic E-state index is 10.1. The lowest BCUT2D eigenvalue weighted by molar-refractivity contribution is 0.108. The summed E-state index contributed by atoms with van der Waals surface area (Å²) in [5, 5.41) is 19.6. The van der Waals surface area contributed by atoms with E-state index in [2.05, 4.69) is 0 Å². The van der Waals surface area contributed by atoms with Gasteiger partial charge in [-0.25, -0.2) is 0 Å². The van der Waals surface area contributed by atoms with E-state index in [1.807, 2.05) is 18.2 Å². The van der Waals surface area contributed by atoms with Crippen LogP contribution >= 0.6 is 0 Å². The molecule has 0 radical (unpaired) electrons. The number of benzene rings is 2. The van der Waals surface area contributed by atoms with Crippen molar-refractivity contribution >= 4 is 0 Å². The number of hydrogen-bond donors (Lipinski definition) is 2. The zero-order valence-corrected chi connectivity index (χ0v) is 12.2. The van der Waals surface area contributed by atoms with Crippen molar-refractivity contribution in [1.29, 1.82) is 0 Å². The molecule has 0 heterocycles. The summed E-state index contributed by atoms with van der Waals surface area (Å²) in [5.74, 6) is 1.36. The topological polar surface area (TPSA) is 58.9 Å². The van der Waals surface area contributed by atoms with E-state index in [9.17, 15) is 10.2 Å². The fraction of sp³-hybridized carbons (Fsp3) is 0.294. The first kappa shape index (κ1) is 15.4. The fourth-order valence-electron chi connectivity index (χ4n) is 1.96. The molecular weight excluding hydrogens is 268 g/mol. The lowest BCUT2D eigenvalue weighted by Gasteiger charge is -2.14. The van der Waals surface area contributed by atoms with Crippen LogP contribution in [0, 0.1) is 0 Å². The molecule has 0 aliphatic heterocycles. The molecule has 2 N–H and O–H groups in total. The van der Waals surface area contributed by atoms with Gasteiger partial charge in [-0.3, -0.25) is 0 Å². The quantitative estimate of drug-likeness (QED) is 0.858. The maximum atomic E-state index is 10.1. The van der Waals surface area contributed by atoms with Gasteiger partial charge in [0, 0.05) is 0 Å². The second-order valence-corrected chi connectivity index (χ2v) is 4.85. The molecule has 2 aromatic carbocycles. The van der Waals surface area contributed by atoms with Crippen LogP contribution in [0.15, 0.2) is 48.5 Å². The van der Waals surface area contributed by atoms with Crippen molar-refractivity contribution in [3.05, 3.63) is 59.7 Å². The molecule has 4 heteroatoms. The van der Waals surface area contributed by atoms with Gasteiger partial charge in [-0.2, -0.15) is 0 Å². The highest BCUT2D eigenvalue weighted by molar-refractivity contribution is 5.31. The van der Waals surface area contributed by atoms with E-state index in [0.717, 1.165) is 11.1 Å². The Morgan fingerprint density at radius 1 is 0.952 bits per heavy atom. The van der Waals surface area contributed by atoms with E-state index in [-0.39, 0.29) is 6.61 Å². The Labute approximate surface area is 124 Å². The molecule has 0 amide bonds. The Balaban J connectivity index is 1.95. The normalized spacial score (nSPS) is 13.5. The van der Waals surface area contributed by atoms with Gasteiger partial charge >= 0.3 is 0 Å². The fourth-order valence-corrected chi connectivity index (χ4v) is 1.96. The van der Waals surface area contributed by atoms with Crippen LogP contribution in [0.2, 0.25) is 0 Å². The molecule has 21 heavy (non-hydrogen) atoms. The Hall–Kier alpha value is -2.04. The second kappa shape index (κ2) is 7.11. The van der Waals surface area contributed by atoms with Crippen LogP contribution < -0.4 is 9.47 Å². The molecule has 0 aliphatic rings. The average Bonchev–Trinajstić information content (AvgIpc) is 2.53. The van der Waals surface area contributed by atoms with E-state index in [4.69, 9.17) is 9.47 Å². The monoisotopic (exact) mass is 288 g/mol. The minimum atomic E-state index is -0.725. The molecule has 2 rings (SSSR count). The molecule has 0 bridgehead atoms. The Morgan fingerprint density at radius 3 is 2.29 bits per heavy atom. The Morgan fingerprint density at radius 2 is 1.67 bits per heavy atom. The minimum Gasteiger partial charge on any atom is -0.497 e. The molecule has 4 nitrogen and oxygen atoms in total. The summed E-state index contributed by atoms with van der Waals surface area (Å²) in [5.41, 5.74) is 1.57. The summed E-state index contributed by atoms with van der Waals surface area (Å²) in [6.45, 7) is 1.86. The smallest absolute Gasteiger partial charge is 0.119 e. The first-order chi connectivity index (χ1) is 10.1. The van der Waals surface area contributed by atoms with Crippen LogP contribution in [0.3, 0.4) is 0 Å². The van der Waals surface area contributed by atoms with E-state index in [1.54, 1.807) is 44.4 Å². The van der Waals surface area contributed by atoms with Crippen LogP contribution in [-0.4, -0.2) is 23.9 Å². The Bertz CT molecular complexity index is 563. The molecular formula is C17H20O4. The summed E-state index contributed by atoms with van der Waals surface area (Å²) in [7, 11) is 1.59. The van der Waals surface area contributed by atoms with Crippen molar-refractivity contribution < 1.29 is 19.7 Å². The molecule has 0 aliphatic carbocycles. The number of hydrogen-bond acceptors (Lipinski definition) is 4. The molecule has 2 aromatic rings. The summed E-state index contributed by atoms with van der Waals surface area (Å²) < 4.78 is 10.7. The summed E-state index contributed by atoms with van der Waals surface area (Å²) in [6.07, 6.45) is -1.22. The third kappa shape index (κ3) is 4.21. The zero-order valence-electron chi connectivity index (χ0n) is 12.2. The van der Waals surface area contributed by atoms with Gasteiger partial charge in [0.1, 0.15) is 24.2 Å². The maximum Gasteiger partial charge on any atom is 0.119 e. The van der Waals surface area contributed by atoms with E-state index < -0.39 is 12.2 Å². The van der Waals surface area contributed by atoms with Crippen LogP contribution in [0.1, 0.15) is 30.3 Å². The van der Waals surface area contributed by atoms with Gasteiger partial charge in [0.05, 0.1) is 13.2 Å². The van der Waals surface area contributed by atoms with Crippen molar-refractivity contribution in [2.24, 2.45) is 0 Å². The van der Waals surface area contributed by atoms with Crippen molar-refractivity contribution in [3.8, 4) is 11.5 Å². The van der Waals surface area contributed by atoms with Gasteiger partial charge in [0.2, 0.25) is 0 Å². The standard InChI is InChI=1S/C17H20O4/c1-12(18)13-6-8-15(9-7-13)21-11-17(19)14-4-3-5-16(10-14)20-2/h3-10,12,17-19H,11H2,1-2H3/t12-,17?/m0/s1. The molecule has 1 unspecified atom stereocenters. The third-order valence-corrected chi connectivity index (χ3v) is 3.25. The number of aliphatic hydroxyl groups is 2. The average molecular weight is 288 g/mol. The lowest BCUT2D eigenvalue weighted by Crippen LogP contribution is -2.09. The summed E-state index contributed by atoms with van der Waals surface area (Å²) in [4.78, 5) is 0. The predicted molar refractivity (Wildman–Crippen MR) is 80.5 cm³/mol. The first-order valence-electron chi connectivity index (χ1n) is 6.83. The Kier molecular flexibility index (Phi) is 5.20. The van der Waals surface area contributed by atoms with E-state index in [1.165, 1.54) is 0 Å². The van der Waals surface area contributed by atoms with E-state index in [0.29, 0.717) is 11.5 Å². The molecule has 112 valence electrons. The molecule has 0 spiro atoms. The van der Waals surface area contributed by atoms with Crippen molar-refractivity contribution in [2.45, 2.75) is 19.1 Å². The number of rotatable bonds is 6. The third-order valence-electron chi connectivity index (χ3n) is 3.25. The number of ether oxygens (including phenoxy) is 2. The summed E-state index contributed by atoms with van der Waals surface area (Å²) >= 11 is 0. The number of aliphatic hydroxyl groups excluding tert-OH is 2. The van der Waals surface area contributed by atoms with Crippen LogP contribution in [-0.2, 0) is 0 Å². The van der Waals surface area contributed by atoms with Crippen molar-refractivity contribution in [2.75, 3.05) is 13.7 Å². The van der Waals surface area contributed by atoms with Crippen LogP contribution in [0.5, 0.6) is 11.5 Å². The highest BCUT2D eigenvalue weighted by atomic mass is 16.5. The van der Waals surface area contributed by atoms with E-state index >= 15 is 0 Å². The molecule has 2 atom stereocenters. The van der Waals surface area contributed by atoms with Gasteiger partial charge < -0.3 is 19.7 Å². The van der Waals surface area contributed by atoms with Crippen LogP contribution in [0.25, 0.3) is 0 Å².